The molecule has 0 amide bonds. The Kier molecular flexibility index (Phi) is 6.66. The lowest BCUT2D eigenvalue weighted by Gasteiger charge is -2.20. The van der Waals surface area contributed by atoms with Gasteiger partial charge in [-0.15, -0.1) is 0 Å². The number of ether oxygens (including phenoxy) is 1. The first-order valence-corrected chi connectivity index (χ1v) is 8.67. The minimum absolute atomic E-state index is 0.0966. The van der Waals surface area contributed by atoms with Gasteiger partial charge in [-0.1, -0.05) is 0 Å². The molecular weight excluding hydrogens is 374 g/mol. The number of H-pyrrole nitrogens is 1. The largest absolute Gasteiger partial charge is 0.493 e. The summed E-state index contributed by atoms with van der Waals surface area (Å²) in [7, 11) is 1.57. The maximum Gasteiger partial charge on any atom is 0.423 e. The average Bonchev–Trinajstić information content (AvgIpc) is 2.95. The summed E-state index contributed by atoms with van der Waals surface area (Å²) in [5.41, 5.74) is 0.120. The first-order chi connectivity index (χ1) is 13.6. The van der Waals surface area contributed by atoms with Gasteiger partial charge in [-0.05, 0) is 57.3 Å². The van der Waals surface area contributed by atoms with Gasteiger partial charge in [0.2, 0.25) is 11.4 Å². The summed E-state index contributed by atoms with van der Waals surface area (Å²) >= 11 is 0. The number of rotatable bonds is 5. The molecule has 152 valence electrons. The van der Waals surface area contributed by atoms with Crippen molar-refractivity contribution in [2.45, 2.75) is 26.4 Å². The maximum absolute atomic E-state index is 12.6. The number of aromatic amines is 1. The van der Waals surface area contributed by atoms with Crippen molar-refractivity contribution in [3.8, 4) is 5.88 Å². The minimum Gasteiger partial charge on any atom is -0.493 e. The van der Waals surface area contributed by atoms with Gasteiger partial charge in [0.05, 0.1) is 5.70 Å². The molecule has 0 aliphatic carbocycles. The van der Waals surface area contributed by atoms with Crippen LogP contribution in [0, 0.1) is 0 Å². The van der Waals surface area contributed by atoms with Crippen LogP contribution in [0.2, 0.25) is 0 Å². The van der Waals surface area contributed by atoms with E-state index in [2.05, 4.69) is 26.7 Å². The fourth-order valence-corrected chi connectivity index (χ4v) is 2.24. The third-order valence-corrected chi connectivity index (χ3v) is 3.44. The summed E-state index contributed by atoms with van der Waals surface area (Å²) in [6.45, 7) is 8.59. The average molecular weight is 397 g/mol. The van der Waals surface area contributed by atoms with E-state index in [0.717, 1.165) is 4.57 Å². The molecule has 0 aliphatic heterocycles. The van der Waals surface area contributed by atoms with Gasteiger partial charge in [0.25, 0.3) is 0 Å². The Hall–Kier alpha value is -3.75. The zero-order valence-electron chi connectivity index (χ0n) is 16.7. The molecule has 0 bridgehead atoms. The first-order valence-electron chi connectivity index (χ1n) is 8.67. The second kappa shape index (κ2) is 8.96. The van der Waals surface area contributed by atoms with Crippen LogP contribution in [-0.4, -0.2) is 51.3 Å². The van der Waals surface area contributed by atoms with Crippen LogP contribution in [-0.2, 0) is 4.74 Å². The number of carbonyl (C=O) groups excluding carboxylic acids is 1. The van der Waals surface area contributed by atoms with Gasteiger partial charge in [-0.2, -0.15) is 4.57 Å². The molecule has 0 atom stereocenters. The van der Waals surface area contributed by atoms with E-state index < -0.39 is 17.6 Å². The summed E-state index contributed by atoms with van der Waals surface area (Å²) in [5.74, 6) is -0.280. The Labute approximate surface area is 167 Å². The number of nitrogens with zero attached hydrogens (tertiary/aromatic N) is 4. The molecule has 0 saturated heterocycles. The number of allylic oxidation sites excluding steroid dienone is 1. The number of hydrogen-bond acceptors (Lipinski definition) is 7. The van der Waals surface area contributed by atoms with E-state index in [1.54, 1.807) is 40.0 Å². The Morgan fingerprint density at radius 2 is 2.07 bits per heavy atom. The highest BCUT2D eigenvalue weighted by molar-refractivity contribution is 5.87. The van der Waals surface area contributed by atoms with Gasteiger partial charge < -0.3 is 14.8 Å². The van der Waals surface area contributed by atoms with E-state index in [1.807, 2.05) is 0 Å². The molecule has 2 aromatic heterocycles. The normalized spacial score (nSPS) is 12.6. The summed E-state index contributed by atoms with van der Waals surface area (Å²) in [6.07, 6.45) is 6.75. The summed E-state index contributed by atoms with van der Waals surface area (Å²) < 4.78 is 6.31. The van der Waals surface area contributed by atoms with Crippen molar-refractivity contribution in [3.63, 3.8) is 0 Å². The van der Waals surface area contributed by atoms with Gasteiger partial charge in [-0.25, -0.2) is 9.78 Å². The lowest BCUT2D eigenvalue weighted by Crippen LogP contribution is -2.27. The van der Waals surface area contributed by atoms with Crippen molar-refractivity contribution >= 4 is 37.3 Å². The van der Waals surface area contributed by atoms with Gasteiger partial charge in [-0.3, -0.25) is 14.8 Å². The topological polar surface area (TPSA) is 122 Å². The maximum atomic E-state index is 12.6. The molecule has 2 heterocycles. The lowest BCUT2D eigenvalue weighted by atomic mass is 10.2. The van der Waals surface area contributed by atoms with Crippen molar-refractivity contribution in [2.24, 2.45) is 9.98 Å². The number of aromatic hydroxyl groups is 1. The number of carbonyl (C=O) groups is 1. The van der Waals surface area contributed by atoms with E-state index in [4.69, 9.17) is 4.74 Å². The van der Waals surface area contributed by atoms with E-state index >= 15 is 0 Å². The zero-order chi connectivity index (χ0) is 21.6. The monoisotopic (exact) mass is 397 g/mol. The predicted molar refractivity (Wildman–Crippen MR) is 113 cm³/mol. The number of aliphatic imine (C=N–C) groups is 2. The minimum atomic E-state index is -0.791. The fourth-order valence-electron chi connectivity index (χ4n) is 2.24. The second-order valence-corrected chi connectivity index (χ2v) is 6.93. The van der Waals surface area contributed by atoms with Crippen molar-refractivity contribution in [1.29, 1.82) is 0 Å². The smallest absolute Gasteiger partial charge is 0.423 e. The van der Waals surface area contributed by atoms with Crippen LogP contribution in [0.1, 0.15) is 37.9 Å². The molecule has 2 aromatic rings. The third-order valence-electron chi connectivity index (χ3n) is 3.44. The van der Waals surface area contributed by atoms with Crippen LogP contribution in [0.3, 0.4) is 0 Å². The highest BCUT2D eigenvalue weighted by atomic mass is 16.6. The van der Waals surface area contributed by atoms with Gasteiger partial charge in [0.1, 0.15) is 17.1 Å². The fraction of sp³-hybridized carbons (Fsp3) is 0.250. The van der Waals surface area contributed by atoms with Crippen molar-refractivity contribution in [3.05, 3.63) is 51.5 Å². The Morgan fingerprint density at radius 1 is 1.34 bits per heavy atom. The molecule has 0 saturated carbocycles. The molecule has 0 radical (unpaired) electrons. The van der Waals surface area contributed by atoms with Crippen molar-refractivity contribution in [2.75, 3.05) is 7.05 Å². The molecule has 0 unspecified atom stereocenters. The van der Waals surface area contributed by atoms with E-state index in [1.165, 1.54) is 30.6 Å². The molecule has 9 heteroatoms. The van der Waals surface area contributed by atoms with E-state index in [0.29, 0.717) is 11.3 Å². The van der Waals surface area contributed by atoms with E-state index in [-0.39, 0.29) is 17.1 Å². The Bertz CT molecular complexity index is 1030. The molecule has 2 rings (SSSR count). The first kappa shape index (κ1) is 21.5. The third kappa shape index (κ3) is 5.86. The van der Waals surface area contributed by atoms with Crippen molar-refractivity contribution < 1.29 is 14.6 Å². The Morgan fingerprint density at radius 3 is 2.62 bits per heavy atom. The second-order valence-electron chi connectivity index (χ2n) is 6.93. The summed E-state index contributed by atoms with van der Waals surface area (Å²) in [6, 6.07) is 2.98. The molecule has 2 N–H and O–H groups in total. The quantitative estimate of drug-likeness (QED) is 0.751. The number of nitrogens with one attached hydrogen (secondary N) is 1. The number of aromatic nitrogens is 3. The van der Waals surface area contributed by atoms with Gasteiger partial charge in [0.15, 0.2) is 0 Å². The summed E-state index contributed by atoms with van der Waals surface area (Å²) in [5, 5.41) is 10.6. The van der Waals surface area contributed by atoms with Crippen LogP contribution in [0.25, 0.3) is 18.2 Å². The SMILES string of the molecule is C=NC(C=NC)=Cc1nc(/C=C/c2ccc(=O)[nH]c2)n(C(=O)OC(C)(C)C)c1O. The molecule has 0 fully saturated rings. The molecular formula is C20H23N5O4. The lowest BCUT2D eigenvalue weighted by molar-refractivity contribution is 0.0524. The number of pyridine rings is 1. The number of imidazole rings is 1. The zero-order valence-corrected chi connectivity index (χ0v) is 16.7. The highest BCUT2D eigenvalue weighted by Crippen LogP contribution is 2.25. The van der Waals surface area contributed by atoms with Crippen LogP contribution >= 0.6 is 0 Å². The standard InChI is InChI=1S/C20H23N5O4/c1-20(2,3)29-19(28)25-16(8-6-13-7-9-17(26)23-11-13)24-15(18(25)27)10-14(22-5)12-21-4/h6-12,27H,5H2,1-4H3,(H,23,26)/b8-6+,14-10?,21-12?. The van der Waals surface area contributed by atoms with Crippen LogP contribution < -0.4 is 5.56 Å². The predicted octanol–water partition coefficient (Wildman–Crippen LogP) is 2.97. The molecule has 29 heavy (non-hydrogen) atoms. The van der Waals surface area contributed by atoms with Crippen molar-refractivity contribution in [1.82, 2.24) is 14.5 Å². The Balaban J connectivity index is 2.55. The molecule has 0 spiro atoms. The molecule has 0 aliphatic rings. The van der Waals surface area contributed by atoms with Gasteiger partial charge >= 0.3 is 6.09 Å². The van der Waals surface area contributed by atoms with Crippen LogP contribution in [0.5, 0.6) is 5.88 Å². The number of hydrogen-bond donors (Lipinski definition) is 2. The van der Waals surface area contributed by atoms with E-state index in [9.17, 15) is 14.7 Å². The van der Waals surface area contributed by atoms with Crippen LogP contribution in [0.15, 0.2) is 38.8 Å². The van der Waals surface area contributed by atoms with Crippen LogP contribution in [0.4, 0.5) is 4.79 Å². The summed E-state index contributed by atoms with van der Waals surface area (Å²) in [4.78, 5) is 38.3. The highest BCUT2D eigenvalue weighted by Gasteiger charge is 2.25. The van der Waals surface area contributed by atoms with Gasteiger partial charge in [0, 0.05) is 25.5 Å². The molecule has 0 aromatic carbocycles. The molecule has 9 nitrogen and oxygen atoms in total.